The molecule has 0 spiro atoms. The standard InChI is InChI=1S/C20H15FN2O3.C20H16N2O3.C20H18N2O2.C19H15FN2O2.C19H16N2O2.C17H14N2O2S/c1-25-20(24)18-10-9-17(26-18)19-15-8-7-14(21)11-16(15)23(22-19)12-13-5-3-2-4-6-13;1-13-7-8-15-16(11-13)22(12-14-5-3-2-4-6-14)21-19(15)17-9-10-18(25-17)20(23)24;1-14-7-9-17-18(11-14)22(12-15-5-3-2-4-6-15)21-20(17)19-10-8-16(13-23)24-19;20-14-6-8-16-17(10-14)22(11-13-4-2-1-3-5-13)21-19(16)18-9-7-15(12-23)24-18;22-13-15-10-11-18(23-15)19-16-8-4-5-9-17(16)21(20-19)12-14-6-2-1-3-7-14;20-11-13-6-7-15(21-13)16-17-14(8-9-22-17)19(18-16)10-12-4-2-1-3-5-12/h2-11H,12H2,1H3;2-11H,12H2,1H3,(H,23,24);2-11,23H,12-13H2,1H3;1-10,23H,11-12H2;1-11,22H,12-13H2;1-9,20H,10-11H2. The molecule has 0 aliphatic heterocycles. The van der Waals surface area contributed by atoms with Crippen LogP contribution in [0.15, 0.2) is 390 Å². The van der Waals surface area contributed by atoms with Crippen molar-refractivity contribution >= 4 is 88.0 Å². The number of halogens is 2. The first kappa shape index (κ1) is 95.2. The number of ether oxygens (including phenoxy) is 1. The van der Waals surface area contributed by atoms with Crippen molar-refractivity contribution in [2.45, 2.75) is 79.5 Å². The van der Waals surface area contributed by atoms with E-state index in [2.05, 4.69) is 112 Å². The minimum Gasteiger partial charge on any atom is -0.475 e. The fourth-order valence-electron chi connectivity index (χ4n) is 16.8. The third-order valence-corrected chi connectivity index (χ3v) is 24.7. The third-order valence-electron chi connectivity index (χ3n) is 23.8. The zero-order valence-corrected chi connectivity index (χ0v) is 79.0. The number of carboxylic acid groups (broad SMARTS) is 1. The number of thiophene rings is 1. The van der Waals surface area contributed by atoms with Gasteiger partial charge in [0.2, 0.25) is 11.5 Å². The van der Waals surface area contributed by atoms with Crippen LogP contribution < -0.4 is 0 Å². The minimum absolute atomic E-state index is 0.0899. The fraction of sp³-hybridized carbons (Fsp3) is 0.113. The van der Waals surface area contributed by atoms with Crippen LogP contribution in [-0.2, 0) is 70.4 Å². The van der Waals surface area contributed by atoms with Gasteiger partial charge in [-0.25, -0.2) is 18.4 Å². The maximum atomic E-state index is 13.8. The number of methoxy groups -OCH3 is 1. The average molecular weight is 1940 g/mol. The van der Waals surface area contributed by atoms with E-state index >= 15 is 0 Å². The van der Waals surface area contributed by atoms with Crippen LogP contribution in [-0.4, -0.2) is 103 Å². The molecule has 144 heavy (non-hydrogen) atoms. The molecule has 5 N–H and O–H groups in total. The number of aliphatic hydroxyl groups excluding tert-OH is 4. The Labute approximate surface area is 826 Å². The topological polar surface area (TPSA) is 330 Å². The van der Waals surface area contributed by atoms with E-state index in [1.165, 1.54) is 65.8 Å². The predicted molar refractivity (Wildman–Crippen MR) is 547 cm³/mol. The van der Waals surface area contributed by atoms with Gasteiger partial charge in [0.1, 0.15) is 95.3 Å². The molecule has 11 aromatic carbocycles. The lowest BCUT2D eigenvalue weighted by molar-refractivity contribution is 0.0565. The fourth-order valence-corrected chi connectivity index (χ4v) is 17.7. The highest BCUT2D eigenvalue weighted by Crippen LogP contribution is 2.39. The lowest BCUT2D eigenvalue weighted by atomic mass is 10.1. The average Bonchev–Trinajstić information content (AvgIpc) is 1.72. The summed E-state index contributed by atoms with van der Waals surface area (Å²) in [6.07, 6.45) is 0. The summed E-state index contributed by atoms with van der Waals surface area (Å²) in [7, 11) is 1.29. The predicted octanol–water partition coefficient (Wildman–Crippen LogP) is 24.5. The second kappa shape index (κ2) is 43.7. The summed E-state index contributed by atoms with van der Waals surface area (Å²) in [5.41, 5.74) is 19.1. The highest BCUT2D eigenvalue weighted by Gasteiger charge is 2.26. The van der Waals surface area contributed by atoms with Crippen molar-refractivity contribution in [2.24, 2.45) is 0 Å². The number of benzene rings is 11. The van der Waals surface area contributed by atoms with Crippen LogP contribution in [0.5, 0.6) is 0 Å². The Morgan fingerprint density at radius 3 is 0.889 bits per heavy atom. The second-order valence-corrected chi connectivity index (χ2v) is 34.7. The molecule has 24 rings (SSSR count). The smallest absolute Gasteiger partial charge is 0.373 e. The first-order chi connectivity index (χ1) is 70.4. The molecule has 29 heteroatoms. The highest BCUT2D eigenvalue weighted by molar-refractivity contribution is 7.17. The van der Waals surface area contributed by atoms with Gasteiger partial charge in [0.05, 0.1) is 84.2 Å². The largest absolute Gasteiger partial charge is 0.475 e. The molecule has 0 radical (unpaired) electrons. The van der Waals surface area contributed by atoms with Crippen LogP contribution in [0.1, 0.15) is 88.7 Å². The first-order valence-electron chi connectivity index (χ1n) is 46.2. The summed E-state index contributed by atoms with van der Waals surface area (Å²) >= 11 is 1.65. The SMILES string of the molecule is COC(=O)c1ccc(-c2nn(Cc3ccccc3)c3cc(F)ccc23)o1.Cc1ccc2c(-c3ccc(C(=O)O)o3)nn(Cc3ccccc3)c2c1.Cc1ccc2c(-c3ccc(CO)o3)nn(Cc3ccccc3)c2c1.OCc1ccc(-c2nn(Cc3ccccc3)c3cc(F)ccc23)o1.OCc1ccc(-c2nn(Cc3ccccc3)c3ccccc23)o1.OCc1ccc(-c2nn(Cc3ccccc3)c3ccsc23)o1. The van der Waals surface area contributed by atoms with Crippen molar-refractivity contribution in [1.29, 1.82) is 0 Å². The number of hydrogen-bond acceptors (Lipinski definition) is 20. The highest BCUT2D eigenvalue weighted by atomic mass is 32.1. The number of carbonyl (C=O) groups excluding carboxylic acids is 1. The van der Waals surface area contributed by atoms with E-state index in [4.69, 9.17) is 57.1 Å². The van der Waals surface area contributed by atoms with Crippen LogP contribution in [0, 0.1) is 25.5 Å². The van der Waals surface area contributed by atoms with E-state index in [0.29, 0.717) is 118 Å². The number of hydrogen-bond donors (Lipinski definition) is 5. The van der Waals surface area contributed by atoms with Gasteiger partial charge in [-0.2, -0.15) is 30.6 Å². The molecular weight excluding hydrogens is 1840 g/mol. The maximum absolute atomic E-state index is 13.8. The van der Waals surface area contributed by atoms with Crippen LogP contribution in [0.2, 0.25) is 0 Å². The van der Waals surface area contributed by atoms with Gasteiger partial charge < -0.3 is 56.8 Å². The Bertz CT molecular complexity index is 8350. The zero-order chi connectivity index (χ0) is 99.1. The Morgan fingerprint density at radius 2 is 0.562 bits per heavy atom. The number of esters is 1. The van der Waals surface area contributed by atoms with Crippen LogP contribution >= 0.6 is 11.3 Å². The van der Waals surface area contributed by atoms with Crippen molar-refractivity contribution in [3.8, 4) is 68.7 Å². The number of rotatable bonds is 24. The van der Waals surface area contributed by atoms with Gasteiger partial charge in [-0.3, -0.25) is 28.1 Å². The molecule has 0 fully saturated rings. The number of aryl methyl sites for hydroxylation is 2. The van der Waals surface area contributed by atoms with Gasteiger partial charge in [-0.05, 0) is 197 Å². The summed E-state index contributed by atoms with van der Waals surface area (Å²) < 4.78 is 78.3. The molecule has 0 atom stereocenters. The summed E-state index contributed by atoms with van der Waals surface area (Å²) in [6.45, 7) is 7.42. The molecule has 0 bridgehead atoms. The van der Waals surface area contributed by atoms with Crippen LogP contribution in [0.3, 0.4) is 0 Å². The van der Waals surface area contributed by atoms with Gasteiger partial charge in [-0.1, -0.05) is 224 Å². The minimum atomic E-state index is -1.09. The number of aliphatic hydroxyl groups is 4. The number of carbonyl (C=O) groups is 2. The van der Waals surface area contributed by atoms with Gasteiger partial charge in [-0.15, -0.1) is 11.3 Å². The molecule has 0 saturated heterocycles. The van der Waals surface area contributed by atoms with Crippen molar-refractivity contribution in [1.82, 2.24) is 58.7 Å². The molecule has 0 aliphatic carbocycles. The van der Waals surface area contributed by atoms with Gasteiger partial charge >= 0.3 is 11.9 Å². The van der Waals surface area contributed by atoms with Crippen LogP contribution in [0.4, 0.5) is 8.78 Å². The summed E-state index contributed by atoms with van der Waals surface area (Å²) in [5.74, 6) is 3.31. The number of para-hydroxylation sites is 1. The summed E-state index contributed by atoms with van der Waals surface area (Å²) in [5, 5.41) is 80.6. The Balaban J connectivity index is 0.000000109. The number of aromatic nitrogens is 12. The lowest BCUT2D eigenvalue weighted by Gasteiger charge is -2.04. The normalized spacial score (nSPS) is 11.2. The van der Waals surface area contributed by atoms with Crippen molar-refractivity contribution in [3.05, 3.63) is 454 Å². The van der Waals surface area contributed by atoms with Gasteiger partial charge in [0.15, 0.2) is 34.6 Å². The number of carboxylic acids is 1. The summed E-state index contributed by atoms with van der Waals surface area (Å²) in [4.78, 5) is 22.7. The molecule has 13 aromatic heterocycles. The van der Waals surface area contributed by atoms with E-state index in [1.807, 2.05) is 208 Å². The summed E-state index contributed by atoms with van der Waals surface area (Å²) in [6, 6.07) is 113. The van der Waals surface area contributed by atoms with Gasteiger partial charge in [0.25, 0.3) is 0 Å². The molecule has 0 unspecified atom stereocenters. The Morgan fingerprint density at radius 1 is 0.292 bits per heavy atom. The van der Waals surface area contributed by atoms with Crippen molar-refractivity contribution in [2.75, 3.05) is 7.11 Å². The molecule has 718 valence electrons. The van der Waals surface area contributed by atoms with Crippen molar-refractivity contribution < 1.29 is 75.1 Å². The molecule has 0 aliphatic rings. The molecular formula is C115H94F2N12O14S. The van der Waals surface area contributed by atoms with E-state index in [1.54, 1.807) is 75.3 Å². The lowest BCUT2D eigenvalue weighted by Crippen LogP contribution is -2.01. The van der Waals surface area contributed by atoms with E-state index in [-0.39, 0.29) is 49.6 Å². The van der Waals surface area contributed by atoms with E-state index in [9.17, 15) is 33.7 Å². The van der Waals surface area contributed by atoms with E-state index < -0.39 is 11.9 Å². The van der Waals surface area contributed by atoms with E-state index in [0.717, 1.165) is 99.6 Å². The number of aromatic carboxylic acids is 1. The first-order valence-corrected chi connectivity index (χ1v) is 47.1. The molecule has 13 heterocycles. The van der Waals surface area contributed by atoms with Gasteiger partial charge in [0, 0.05) is 26.9 Å². The quantitative estimate of drug-likeness (QED) is 0.0351. The monoisotopic (exact) mass is 1940 g/mol. The molecule has 0 amide bonds. The van der Waals surface area contributed by atoms with Crippen molar-refractivity contribution in [3.63, 3.8) is 0 Å². The van der Waals surface area contributed by atoms with Crippen LogP contribution in [0.25, 0.3) is 133 Å². The molecule has 24 aromatic rings. The zero-order valence-electron chi connectivity index (χ0n) is 78.2. The third kappa shape index (κ3) is 21.7. The number of furan rings is 6. The molecule has 0 saturated carbocycles. The molecule has 26 nitrogen and oxygen atoms in total. The second-order valence-electron chi connectivity index (χ2n) is 33.8. The Kier molecular flexibility index (Phi) is 28.9. The maximum Gasteiger partial charge on any atom is 0.373 e. The Hall–Kier alpha value is -17.7. The number of nitrogens with zero attached hydrogens (tertiary/aromatic N) is 12. The number of fused-ring (bicyclic) bond motifs is 6.